The number of carbonyl (C=O) groups is 1. The Morgan fingerprint density at radius 2 is 1.91 bits per heavy atom. The van der Waals surface area contributed by atoms with Crippen LogP contribution in [0.25, 0.3) is 11.0 Å². The molecule has 2 heterocycles. The maximum Gasteiger partial charge on any atom is 0.351 e. The first-order chi connectivity index (χ1) is 15.0. The number of aliphatic hydroxyl groups excluding tert-OH is 2. The molecule has 10 heteroatoms. The molecule has 0 aliphatic carbocycles. The Labute approximate surface area is 184 Å². The van der Waals surface area contributed by atoms with E-state index < -0.39 is 52.9 Å². The smallest absolute Gasteiger partial charge is 0.351 e. The molecule has 176 valence electrons. The number of rotatable bonds is 7. The van der Waals surface area contributed by atoms with Gasteiger partial charge in [-0.15, -0.1) is 0 Å². The van der Waals surface area contributed by atoms with E-state index in [9.17, 15) is 24.9 Å². The number of ketones is 1. The van der Waals surface area contributed by atoms with Gasteiger partial charge in [-0.25, -0.2) is 4.79 Å². The minimum Gasteiger partial charge on any atom is -0.506 e. The quantitative estimate of drug-likeness (QED) is 0.415. The SMILES string of the molecule is CCOCC(=O)c1c(O)c2ccc(O[C@@H]3OC(C)(C)[C@H](OC)[C@@H](O)[C@H]3O)c(C)c2oc1=O. The summed E-state index contributed by atoms with van der Waals surface area (Å²) in [5.41, 5.74) is -2.12. The zero-order valence-corrected chi connectivity index (χ0v) is 18.6. The van der Waals surface area contributed by atoms with Gasteiger partial charge >= 0.3 is 5.63 Å². The first-order valence-corrected chi connectivity index (χ1v) is 10.2. The molecule has 2 aromatic rings. The number of hydrogen-bond donors (Lipinski definition) is 3. The van der Waals surface area contributed by atoms with Gasteiger partial charge in [0, 0.05) is 19.3 Å². The molecule has 3 N–H and O–H groups in total. The van der Waals surface area contributed by atoms with Crippen LogP contribution in [0, 0.1) is 6.92 Å². The molecule has 1 fully saturated rings. The summed E-state index contributed by atoms with van der Waals surface area (Å²) in [5.74, 6) is -1.01. The highest BCUT2D eigenvalue weighted by Crippen LogP contribution is 2.36. The summed E-state index contributed by atoms with van der Waals surface area (Å²) in [5, 5.41) is 31.5. The van der Waals surface area contributed by atoms with E-state index in [1.807, 2.05) is 0 Å². The van der Waals surface area contributed by atoms with Gasteiger partial charge in [-0.05, 0) is 39.8 Å². The van der Waals surface area contributed by atoms with Crippen LogP contribution in [-0.2, 0) is 14.2 Å². The summed E-state index contributed by atoms with van der Waals surface area (Å²) < 4.78 is 27.2. The van der Waals surface area contributed by atoms with Crippen LogP contribution in [-0.4, -0.2) is 71.6 Å². The molecule has 0 radical (unpaired) electrons. The number of methoxy groups -OCH3 is 1. The molecule has 0 amide bonds. The molecule has 4 atom stereocenters. The van der Waals surface area contributed by atoms with Gasteiger partial charge in [0.1, 0.15) is 47.6 Å². The highest BCUT2D eigenvalue weighted by molar-refractivity contribution is 6.04. The zero-order valence-electron chi connectivity index (χ0n) is 18.6. The van der Waals surface area contributed by atoms with Crippen molar-refractivity contribution >= 4 is 16.8 Å². The topological polar surface area (TPSA) is 145 Å². The zero-order chi connectivity index (χ0) is 23.8. The van der Waals surface area contributed by atoms with Crippen molar-refractivity contribution in [1.82, 2.24) is 0 Å². The molecular weight excluding hydrogens is 424 g/mol. The van der Waals surface area contributed by atoms with Crippen LogP contribution in [0.4, 0.5) is 0 Å². The van der Waals surface area contributed by atoms with Gasteiger partial charge in [0.15, 0.2) is 5.78 Å². The Kier molecular flexibility index (Phi) is 6.91. The van der Waals surface area contributed by atoms with Crippen molar-refractivity contribution in [1.29, 1.82) is 0 Å². The van der Waals surface area contributed by atoms with Crippen molar-refractivity contribution in [2.45, 2.75) is 57.9 Å². The number of benzene rings is 1. The average Bonchev–Trinajstić information content (AvgIpc) is 2.72. The fourth-order valence-corrected chi connectivity index (χ4v) is 3.84. The lowest BCUT2D eigenvalue weighted by atomic mass is 9.89. The molecule has 32 heavy (non-hydrogen) atoms. The fourth-order valence-electron chi connectivity index (χ4n) is 3.84. The van der Waals surface area contributed by atoms with Crippen LogP contribution in [0.2, 0.25) is 0 Å². The van der Waals surface area contributed by atoms with Gasteiger partial charge in [-0.3, -0.25) is 4.79 Å². The summed E-state index contributed by atoms with van der Waals surface area (Å²) in [6.07, 6.45) is -4.70. The van der Waals surface area contributed by atoms with E-state index in [1.54, 1.807) is 27.7 Å². The maximum atomic E-state index is 12.4. The van der Waals surface area contributed by atoms with Crippen molar-refractivity contribution < 1.29 is 43.5 Å². The number of fused-ring (bicyclic) bond motifs is 1. The van der Waals surface area contributed by atoms with Gasteiger partial charge in [0.25, 0.3) is 0 Å². The third-order valence-electron chi connectivity index (χ3n) is 5.50. The summed E-state index contributed by atoms with van der Waals surface area (Å²) >= 11 is 0. The Hall–Kier alpha value is -2.50. The molecule has 1 saturated heterocycles. The fraction of sp³-hybridized carbons (Fsp3) is 0.545. The molecule has 1 aromatic carbocycles. The van der Waals surface area contributed by atoms with E-state index in [2.05, 4.69) is 0 Å². The Balaban J connectivity index is 1.97. The van der Waals surface area contributed by atoms with Crippen LogP contribution in [0.5, 0.6) is 11.5 Å². The van der Waals surface area contributed by atoms with Crippen LogP contribution in [0.15, 0.2) is 21.3 Å². The second kappa shape index (κ2) is 9.16. The summed E-state index contributed by atoms with van der Waals surface area (Å²) in [7, 11) is 1.41. The van der Waals surface area contributed by atoms with Crippen molar-refractivity contribution in [2.75, 3.05) is 20.3 Å². The lowest BCUT2D eigenvalue weighted by Gasteiger charge is -2.46. The van der Waals surface area contributed by atoms with Gasteiger partial charge in [-0.2, -0.15) is 0 Å². The lowest BCUT2D eigenvalue weighted by molar-refractivity contribution is -0.306. The number of Topliss-reactive ketones (excluding diaryl/α,β-unsaturated/α-hetero) is 1. The average molecular weight is 452 g/mol. The third-order valence-corrected chi connectivity index (χ3v) is 5.50. The van der Waals surface area contributed by atoms with E-state index in [-0.39, 0.29) is 29.9 Å². The number of aromatic hydroxyl groups is 1. The molecule has 0 spiro atoms. The van der Waals surface area contributed by atoms with E-state index >= 15 is 0 Å². The van der Waals surface area contributed by atoms with Crippen LogP contribution in [0.3, 0.4) is 0 Å². The van der Waals surface area contributed by atoms with E-state index in [1.165, 1.54) is 19.2 Å². The number of carbonyl (C=O) groups excluding carboxylic acids is 1. The second-order valence-corrected chi connectivity index (χ2v) is 8.08. The third kappa shape index (κ3) is 4.24. The number of hydrogen-bond acceptors (Lipinski definition) is 10. The molecule has 0 unspecified atom stereocenters. The van der Waals surface area contributed by atoms with Crippen molar-refractivity contribution in [3.05, 3.63) is 33.7 Å². The van der Waals surface area contributed by atoms with E-state index in [0.717, 1.165) is 0 Å². The standard InChI is InChI=1S/C22H28O10/c1-6-29-9-12(23)14-15(24)11-7-8-13(10(2)18(11)31-20(14)27)30-21-17(26)16(25)19(28-5)22(3,4)32-21/h7-8,16-17,19,21,24-26H,6,9H2,1-5H3/t16-,17+,19+,21+/m0/s1. The highest BCUT2D eigenvalue weighted by Gasteiger charge is 2.50. The van der Waals surface area contributed by atoms with E-state index in [0.29, 0.717) is 5.56 Å². The number of ether oxygens (including phenoxy) is 4. The molecule has 1 aliphatic rings. The minimum absolute atomic E-state index is 0.0119. The van der Waals surface area contributed by atoms with Crippen LogP contribution >= 0.6 is 0 Å². The van der Waals surface area contributed by atoms with Gasteiger partial charge in [0.05, 0.1) is 11.0 Å². The van der Waals surface area contributed by atoms with Crippen LogP contribution < -0.4 is 10.4 Å². The van der Waals surface area contributed by atoms with Crippen molar-refractivity contribution in [3.63, 3.8) is 0 Å². The summed E-state index contributed by atoms with van der Waals surface area (Å²) in [6, 6.07) is 2.90. The summed E-state index contributed by atoms with van der Waals surface area (Å²) in [6.45, 7) is 6.57. The molecular formula is C22H28O10. The molecule has 3 rings (SSSR count). The normalized spacial score (nSPS) is 25.1. The molecule has 0 bridgehead atoms. The Morgan fingerprint density at radius 3 is 2.53 bits per heavy atom. The minimum atomic E-state index is -1.41. The van der Waals surface area contributed by atoms with Crippen molar-refractivity contribution in [2.24, 2.45) is 0 Å². The second-order valence-electron chi connectivity index (χ2n) is 8.08. The van der Waals surface area contributed by atoms with Crippen molar-refractivity contribution in [3.8, 4) is 11.5 Å². The molecule has 0 saturated carbocycles. The van der Waals surface area contributed by atoms with Gasteiger partial charge in [-0.1, -0.05) is 0 Å². The van der Waals surface area contributed by atoms with Gasteiger partial charge in [0.2, 0.25) is 6.29 Å². The monoisotopic (exact) mass is 452 g/mol. The first-order valence-electron chi connectivity index (χ1n) is 10.2. The molecule has 1 aliphatic heterocycles. The Morgan fingerprint density at radius 1 is 1.22 bits per heavy atom. The number of aryl methyl sites for hydroxylation is 1. The highest BCUT2D eigenvalue weighted by atomic mass is 16.7. The number of aliphatic hydroxyl groups is 2. The maximum absolute atomic E-state index is 12.4. The van der Waals surface area contributed by atoms with Crippen LogP contribution in [0.1, 0.15) is 36.7 Å². The lowest BCUT2D eigenvalue weighted by Crippen LogP contribution is -2.63. The summed E-state index contributed by atoms with van der Waals surface area (Å²) in [4.78, 5) is 24.6. The first kappa shape index (κ1) is 24.1. The predicted molar refractivity (Wildman–Crippen MR) is 112 cm³/mol. The largest absolute Gasteiger partial charge is 0.506 e. The predicted octanol–water partition coefficient (Wildman–Crippen LogP) is 1.28. The molecule has 1 aromatic heterocycles. The molecule has 10 nitrogen and oxygen atoms in total. The van der Waals surface area contributed by atoms with Gasteiger partial charge < -0.3 is 38.7 Å². The van der Waals surface area contributed by atoms with E-state index in [4.69, 9.17) is 23.4 Å². The Bertz CT molecular complexity index is 1060.